The highest BCUT2D eigenvalue weighted by atomic mass is 19.1. The summed E-state index contributed by atoms with van der Waals surface area (Å²) in [7, 11) is 0. The van der Waals surface area contributed by atoms with Crippen molar-refractivity contribution in [3.63, 3.8) is 0 Å². The third kappa shape index (κ3) is 2.42. The highest BCUT2D eigenvalue weighted by molar-refractivity contribution is 5.79. The van der Waals surface area contributed by atoms with E-state index in [1.165, 1.54) is 16.5 Å². The van der Waals surface area contributed by atoms with Crippen LogP contribution in [0.4, 0.5) is 4.39 Å². The molecule has 3 heterocycles. The first-order valence-electron chi connectivity index (χ1n) is 8.12. The number of nitrogens with one attached hydrogen (secondary N) is 1. The SMILES string of the molecule is Cc1cc2cn[nH]c2cc1C1CCN(C2COCC2F)CC1. The van der Waals surface area contributed by atoms with Gasteiger partial charge in [0.15, 0.2) is 0 Å². The van der Waals surface area contributed by atoms with E-state index in [9.17, 15) is 4.39 Å². The second-order valence-corrected chi connectivity index (χ2v) is 6.60. The minimum Gasteiger partial charge on any atom is -0.377 e. The molecule has 4 nitrogen and oxygen atoms in total. The molecule has 118 valence electrons. The van der Waals surface area contributed by atoms with E-state index in [1.54, 1.807) is 0 Å². The topological polar surface area (TPSA) is 41.2 Å². The van der Waals surface area contributed by atoms with Crippen molar-refractivity contribution >= 4 is 10.9 Å². The van der Waals surface area contributed by atoms with Crippen LogP contribution in [0.3, 0.4) is 0 Å². The summed E-state index contributed by atoms with van der Waals surface area (Å²) in [5.41, 5.74) is 3.85. The Morgan fingerprint density at radius 3 is 2.82 bits per heavy atom. The maximum Gasteiger partial charge on any atom is 0.141 e. The summed E-state index contributed by atoms with van der Waals surface area (Å²) in [5, 5.41) is 8.34. The van der Waals surface area contributed by atoms with Gasteiger partial charge < -0.3 is 4.74 Å². The first-order chi connectivity index (χ1) is 10.7. The number of ether oxygens (including phenoxy) is 1. The van der Waals surface area contributed by atoms with Gasteiger partial charge in [-0.15, -0.1) is 0 Å². The van der Waals surface area contributed by atoms with E-state index in [4.69, 9.17) is 4.74 Å². The van der Waals surface area contributed by atoms with Crippen LogP contribution in [0.1, 0.15) is 29.9 Å². The van der Waals surface area contributed by atoms with Crippen LogP contribution in [0.2, 0.25) is 0 Å². The van der Waals surface area contributed by atoms with E-state index >= 15 is 0 Å². The summed E-state index contributed by atoms with van der Waals surface area (Å²) in [6, 6.07) is 4.43. The van der Waals surface area contributed by atoms with Gasteiger partial charge in [-0.1, -0.05) is 0 Å². The zero-order valence-corrected chi connectivity index (χ0v) is 12.9. The number of likely N-dealkylation sites (tertiary alicyclic amines) is 1. The van der Waals surface area contributed by atoms with Gasteiger partial charge in [-0.05, 0) is 62.0 Å². The molecule has 22 heavy (non-hydrogen) atoms. The predicted octanol–water partition coefficient (Wildman–Crippen LogP) is 2.79. The number of fused-ring (bicyclic) bond motifs is 1. The third-order valence-corrected chi connectivity index (χ3v) is 5.25. The van der Waals surface area contributed by atoms with Crippen LogP contribution < -0.4 is 0 Å². The maximum atomic E-state index is 13.8. The second-order valence-electron chi connectivity index (χ2n) is 6.60. The summed E-state index contributed by atoms with van der Waals surface area (Å²) in [6.45, 7) is 4.90. The number of piperidine rings is 1. The maximum absolute atomic E-state index is 13.8. The molecule has 2 atom stereocenters. The Hall–Kier alpha value is -1.46. The first-order valence-corrected chi connectivity index (χ1v) is 8.12. The molecule has 0 amide bonds. The van der Waals surface area contributed by atoms with Crippen LogP contribution in [0.5, 0.6) is 0 Å². The Morgan fingerprint density at radius 2 is 2.09 bits per heavy atom. The molecule has 0 aliphatic carbocycles. The predicted molar refractivity (Wildman–Crippen MR) is 83.9 cm³/mol. The average Bonchev–Trinajstić information content (AvgIpc) is 3.15. The van der Waals surface area contributed by atoms with Gasteiger partial charge in [0.05, 0.1) is 31.0 Å². The minimum absolute atomic E-state index is 0.0304. The molecule has 1 N–H and O–H groups in total. The van der Waals surface area contributed by atoms with E-state index < -0.39 is 6.17 Å². The zero-order chi connectivity index (χ0) is 15.1. The fraction of sp³-hybridized carbons (Fsp3) is 0.588. The standard InChI is InChI=1S/C17H22FN3O/c1-11-6-13-8-19-20-16(13)7-14(11)12-2-4-21(5-3-12)17-10-22-9-15(17)18/h6-8,12,15,17H,2-5,9-10H2,1H3,(H,19,20). The number of halogens is 1. The Kier molecular flexibility index (Phi) is 3.62. The molecule has 0 radical (unpaired) electrons. The van der Waals surface area contributed by atoms with E-state index in [2.05, 4.69) is 34.2 Å². The van der Waals surface area contributed by atoms with Crippen molar-refractivity contribution in [1.82, 2.24) is 15.1 Å². The Labute approximate surface area is 129 Å². The Balaban J connectivity index is 1.49. The van der Waals surface area contributed by atoms with Gasteiger partial charge in [0.1, 0.15) is 6.17 Å². The second kappa shape index (κ2) is 5.63. The van der Waals surface area contributed by atoms with E-state index in [1.807, 2.05) is 6.20 Å². The molecule has 2 aliphatic heterocycles. The van der Waals surface area contributed by atoms with Crippen LogP contribution in [0, 0.1) is 6.92 Å². The molecule has 2 saturated heterocycles. The summed E-state index contributed by atoms with van der Waals surface area (Å²) >= 11 is 0. The van der Waals surface area contributed by atoms with Crippen molar-refractivity contribution in [3.05, 3.63) is 29.5 Å². The van der Waals surface area contributed by atoms with Gasteiger partial charge in [-0.3, -0.25) is 10.00 Å². The summed E-state index contributed by atoms with van der Waals surface area (Å²) in [4.78, 5) is 2.28. The number of nitrogens with zero attached hydrogens (tertiary/aromatic N) is 2. The van der Waals surface area contributed by atoms with Crippen LogP contribution in [-0.4, -0.2) is 53.6 Å². The quantitative estimate of drug-likeness (QED) is 0.927. The minimum atomic E-state index is -0.820. The number of rotatable bonds is 2. The monoisotopic (exact) mass is 303 g/mol. The van der Waals surface area contributed by atoms with Crippen molar-refractivity contribution in [2.75, 3.05) is 26.3 Å². The molecule has 2 aliphatic rings. The lowest BCUT2D eigenvalue weighted by molar-refractivity contribution is 0.106. The van der Waals surface area contributed by atoms with Crippen molar-refractivity contribution in [2.45, 2.75) is 37.9 Å². The molecule has 1 aromatic heterocycles. The highest BCUT2D eigenvalue weighted by Gasteiger charge is 2.35. The zero-order valence-electron chi connectivity index (χ0n) is 12.9. The molecule has 0 saturated carbocycles. The number of benzene rings is 1. The summed E-state index contributed by atoms with van der Waals surface area (Å²) < 4.78 is 19.1. The van der Waals surface area contributed by atoms with Crippen molar-refractivity contribution in [2.24, 2.45) is 0 Å². The lowest BCUT2D eigenvalue weighted by atomic mass is 9.86. The largest absolute Gasteiger partial charge is 0.377 e. The van der Waals surface area contributed by atoms with Crippen LogP contribution >= 0.6 is 0 Å². The van der Waals surface area contributed by atoms with Crippen molar-refractivity contribution in [1.29, 1.82) is 0 Å². The molecular weight excluding hydrogens is 281 g/mol. The Bertz CT molecular complexity index is 663. The van der Waals surface area contributed by atoms with Gasteiger partial charge in [0.2, 0.25) is 0 Å². The molecule has 5 heteroatoms. The number of aromatic nitrogens is 2. The normalized spacial score (nSPS) is 27.7. The number of aryl methyl sites for hydroxylation is 1. The lowest BCUT2D eigenvalue weighted by Crippen LogP contribution is -2.45. The number of aromatic amines is 1. The van der Waals surface area contributed by atoms with E-state index in [0.717, 1.165) is 31.4 Å². The van der Waals surface area contributed by atoms with Crippen molar-refractivity contribution < 1.29 is 9.13 Å². The molecule has 2 unspecified atom stereocenters. The van der Waals surface area contributed by atoms with Gasteiger partial charge in [-0.25, -0.2) is 4.39 Å². The smallest absolute Gasteiger partial charge is 0.141 e. The number of hydrogen-bond acceptors (Lipinski definition) is 3. The molecule has 4 rings (SSSR count). The first kappa shape index (κ1) is 14.2. The fourth-order valence-corrected chi connectivity index (χ4v) is 3.95. The van der Waals surface area contributed by atoms with Crippen molar-refractivity contribution in [3.8, 4) is 0 Å². The van der Waals surface area contributed by atoms with Crippen LogP contribution in [0.15, 0.2) is 18.3 Å². The highest BCUT2D eigenvalue weighted by Crippen LogP contribution is 2.33. The van der Waals surface area contributed by atoms with E-state index in [-0.39, 0.29) is 12.6 Å². The van der Waals surface area contributed by atoms with Crippen LogP contribution in [-0.2, 0) is 4.74 Å². The van der Waals surface area contributed by atoms with E-state index in [0.29, 0.717) is 12.5 Å². The lowest BCUT2D eigenvalue weighted by Gasteiger charge is -2.36. The van der Waals surface area contributed by atoms with Gasteiger partial charge >= 0.3 is 0 Å². The number of H-pyrrole nitrogens is 1. The Morgan fingerprint density at radius 1 is 1.27 bits per heavy atom. The van der Waals surface area contributed by atoms with Gasteiger partial charge in [0.25, 0.3) is 0 Å². The fourth-order valence-electron chi connectivity index (χ4n) is 3.95. The molecule has 0 bridgehead atoms. The summed E-state index contributed by atoms with van der Waals surface area (Å²) in [5.74, 6) is 0.560. The molecule has 1 aromatic carbocycles. The number of hydrogen-bond donors (Lipinski definition) is 1. The summed E-state index contributed by atoms with van der Waals surface area (Å²) in [6.07, 6.45) is 3.23. The van der Waals surface area contributed by atoms with Gasteiger partial charge in [0, 0.05) is 5.39 Å². The molecule has 2 aromatic rings. The molecule has 2 fully saturated rings. The van der Waals surface area contributed by atoms with Gasteiger partial charge in [-0.2, -0.15) is 5.10 Å². The average molecular weight is 303 g/mol. The third-order valence-electron chi connectivity index (χ3n) is 5.25. The number of alkyl halides is 1. The van der Waals surface area contributed by atoms with Crippen LogP contribution in [0.25, 0.3) is 10.9 Å². The molecule has 0 spiro atoms. The molecular formula is C17H22FN3O.